The second-order valence-corrected chi connectivity index (χ2v) is 7.95. The van der Waals surface area contributed by atoms with E-state index in [1.165, 1.54) is 24.3 Å². The maximum absolute atomic E-state index is 12.9. The molecular weight excluding hydrogens is 369 g/mol. The highest BCUT2D eigenvalue weighted by molar-refractivity contribution is 7.89. The van der Waals surface area contributed by atoms with Gasteiger partial charge in [0.2, 0.25) is 15.9 Å². The summed E-state index contributed by atoms with van der Waals surface area (Å²) in [6.45, 7) is 4.09. The van der Waals surface area contributed by atoms with Gasteiger partial charge in [-0.2, -0.15) is 0 Å². The summed E-state index contributed by atoms with van der Waals surface area (Å²) in [5.41, 5.74) is 1.79. The van der Waals surface area contributed by atoms with Crippen molar-refractivity contribution in [2.75, 3.05) is 6.54 Å². The van der Waals surface area contributed by atoms with Crippen LogP contribution in [0.25, 0.3) is 0 Å². The van der Waals surface area contributed by atoms with E-state index in [1.807, 2.05) is 6.92 Å². The van der Waals surface area contributed by atoms with Crippen molar-refractivity contribution in [1.82, 2.24) is 10.6 Å². The number of nitrogens with two attached hydrogens (primary N) is 1. The first-order valence-corrected chi connectivity index (χ1v) is 10.1. The normalized spacial score (nSPS) is 13.8. The molecule has 0 heterocycles. The molecule has 1 amide bonds. The Hall–Kier alpha value is -2.29. The molecule has 146 valence electrons. The van der Waals surface area contributed by atoms with Gasteiger partial charge in [-0.1, -0.05) is 24.3 Å². The van der Waals surface area contributed by atoms with Crippen LogP contribution in [0.15, 0.2) is 53.4 Å². The minimum Gasteiger partial charge on any atom is -0.354 e. The molecule has 4 N–H and O–H groups in total. The maximum atomic E-state index is 12.9. The van der Waals surface area contributed by atoms with Crippen LogP contribution < -0.4 is 15.8 Å². The Morgan fingerprint density at radius 1 is 1.07 bits per heavy atom. The second kappa shape index (κ2) is 9.07. The number of amides is 1. The van der Waals surface area contributed by atoms with E-state index in [0.717, 1.165) is 11.1 Å². The zero-order valence-electron chi connectivity index (χ0n) is 15.3. The van der Waals surface area contributed by atoms with Gasteiger partial charge >= 0.3 is 0 Å². The largest absolute Gasteiger partial charge is 0.354 e. The van der Waals surface area contributed by atoms with Crippen molar-refractivity contribution < 1.29 is 17.6 Å². The van der Waals surface area contributed by atoms with E-state index in [9.17, 15) is 17.6 Å². The Labute approximate surface area is 159 Å². The van der Waals surface area contributed by atoms with E-state index in [0.29, 0.717) is 13.0 Å². The number of hydrogen-bond acceptors (Lipinski definition) is 4. The predicted octanol–water partition coefficient (Wildman–Crippen LogP) is 1.87. The fourth-order valence-electron chi connectivity index (χ4n) is 2.63. The van der Waals surface area contributed by atoms with E-state index in [4.69, 9.17) is 5.14 Å². The van der Waals surface area contributed by atoms with Crippen molar-refractivity contribution >= 4 is 15.9 Å². The molecule has 0 aliphatic heterocycles. The molecule has 0 spiro atoms. The average Bonchev–Trinajstić information content (AvgIpc) is 2.62. The van der Waals surface area contributed by atoms with Crippen molar-refractivity contribution in [3.63, 3.8) is 0 Å². The molecular formula is C19H24FN3O3S. The van der Waals surface area contributed by atoms with Gasteiger partial charge in [-0.05, 0) is 55.7 Å². The molecule has 0 aliphatic carbocycles. The van der Waals surface area contributed by atoms with Gasteiger partial charge in [-0.15, -0.1) is 0 Å². The van der Waals surface area contributed by atoms with Gasteiger partial charge in [-0.25, -0.2) is 17.9 Å². The van der Waals surface area contributed by atoms with Crippen molar-refractivity contribution in [1.29, 1.82) is 0 Å². The van der Waals surface area contributed by atoms with Crippen LogP contribution in [0.1, 0.15) is 31.0 Å². The maximum Gasteiger partial charge on any atom is 0.238 e. The number of carbonyl (C=O) groups excluding carboxylic acids is 1. The number of carbonyl (C=O) groups is 1. The number of benzene rings is 2. The minimum absolute atomic E-state index is 0.0463. The van der Waals surface area contributed by atoms with Gasteiger partial charge in [-0.3, -0.25) is 10.1 Å². The molecule has 0 aromatic heterocycles. The van der Waals surface area contributed by atoms with Gasteiger partial charge in [0, 0.05) is 12.6 Å². The summed E-state index contributed by atoms with van der Waals surface area (Å²) in [5.74, 6) is -0.434. The monoisotopic (exact) mass is 393 g/mol. The van der Waals surface area contributed by atoms with Crippen LogP contribution in [0.2, 0.25) is 0 Å². The molecule has 27 heavy (non-hydrogen) atoms. The quantitative estimate of drug-likeness (QED) is 0.637. The Kier molecular flexibility index (Phi) is 7.06. The summed E-state index contributed by atoms with van der Waals surface area (Å²) >= 11 is 0. The van der Waals surface area contributed by atoms with Gasteiger partial charge in [0.1, 0.15) is 5.82 Å². The summed E-state index contributed by atoms with van der Waals surface area (Å²) < 4.78 is 35.5. The van der Waals surface area contributed by atoms with E-state index in [-0.39, 0.29) is 22.7 Å². The first kappa shape index (κ1) is 21.0. The first-order chi connectivity index (χ1) is 12.7. The summed E-state index contributed by atoms with van der Waals surface area (Å²) in [6, 6.07) is 11.8. The Bertz CT molecular complexity index is 868. The van der Waals surface area contributed by atoms with E-state index in [2.05, 4.69) is 10.6 Å². The number of halogens is 1. The summed E-state index contributed by atoms with van der Waals surface area (Å²) in [7, 11) is -3.72. The lowest BCUT2D eigenvalue weighted by atomic mass is 10.1. The zero-order chi connectivity index (χ0) is 20.0. The van der Waals surface area contributed by atoms with Crippen LogP contribution in [0.4, 0.5) is 4.39 Å². The lowest BCUT2D eigenvalue weighted by molar-refractivity contribution is -0.122. The van der Waals surface area contributed by atoms with Crippen LogP contribution in [-0.4, -0.2) is 26.9 Å². The third-order valence-electron chi connectivity index (χ3n) is 4.23. The summed E-state index contributed by atoms with van der Waals surface area (Å²) in [5, 5.41) is 11.1. The average molecular weight is 393 g/mol. The van der Waals surface area contributed by atoms with Crippen molar-refractivity contribution in [3.8, 4) is 0 Å². The molecule has 0 radical (unpaired) electrons. The van der Waals surface area contributed by atoms with Crippen LogP contribution in [0, 0.1) is 5.82 Å². The second-order valence-electron chi connectivity index (χ2n) is 6.39. The lowest BCUT2D eigenvalue weighted by Gasteiger charge is -2.20. The Balaban J connectivity index is 1.83. The van der Waals surface area contributed by atoms with Gasteiger partial charge in [0.25, 0.3) is 0 Å². The topological polar surface area (TPSA) is 101 Å². The predicted molar refractivity (Wildman–Crippen MR) is 102 cm³/mol. The van der Waals surface area contributed by atoms with Crippen molar-refractivity contribution in [2.24, 2.45) is 5.14 Å². The highest BCUT2D eigenvalue weighted by atomic mass is 32.2. The molecule has 0 saturated heterocycles. The minimum atomic E-state index is -3.72. The molecule has 0 bridgehead atoms. The fraction of sp³-hybridized carbons (Fsp3) is 0.316. The van der Waals surface area contributed by atoms with E-state index < -0.39 is 16.1 Å². The SMILES string of the molecule is C[C@H](N[C@H](C)c1ccc(S(N)(=O)=O)cc1)C(=O)NCCc1ccc(F)cc1. The number of nitrogens with one attached hydrogen (secondary N) is 2. The Morgan fingerprint density at radius 3 is 2.22 bits per heavy atom. The number of rotatable bonds is 8. The van der Waals surface area contributed by atoms with Crippen molar-refractivity contribution in [2.45, 2.75) is 37.2 Å². The summed E-state index contributed by atoms with van der Waals surface area (Å²) in [4.78, 5) is 12.3. The molecule has 2 atom stereocenters. The number of primary sulfonamides is 1. The van der Waals surface area contributed by atoms with Crippen LogP contribution in [0.5, 0.6) is 0 Å². The molecule has 8 heteroatoms. The Morgan fingerprint density at radius 2 is 1.67 bits per heavy atom. The molecule has 0 aliphatic rings. The molecule has 2 aromatic rings. The van der Waals surface area contributed by atoms with Crippen molar-refractivity contribution in [3.05, 3.63) is 65.5 Å². The molecule has 0 unspecified atom stereocenters. The lowest BCUT2D eigenvalue weighted by Crippen LogP contribution is -2.43. The molecule has 2 aromatic carbocycles. The first-order valence-electron chi connectivity index (χ1n) is 8.58. The van der Waals surface area contributed by atoms with Gasteiger partial charge in [0.15, 0.2) is 0 Å². The van der Waals surface area contributed by atoms with E-state index >= 15 is 0 Å². The molecule has 0 fully saturated rings. The van der Waals surface area contributed by atoms with Gasteiger partial charge in [0.05, 0.1) is 10.9 Å². The molecule has 6 nitrogen and oxygen atoms in total. The standard InChI is InChI=1S/C19H24FN3O3S/c1-13(16-5-9-18(10-6-16)27(21,25)26)23-14(2)19(24)22-12-11-15-3-7-17(20)8-4-15/h3-10,13-14,23H,11-12H2,1-2H3,(H,22,24)(H2,21,25,26)/t13-,14+/m1/s1. The number of hydrogen-bond donors (Lipinski definition) is 3. The fourth-order valence-corrected chi connectivity index (χ4v) is 3.14. The van der Waals surface area contributed by atoms with Crippen LogP contribution in [-0.2, 0) is 21.2 Å². The van der Waals surface area contributed by atoms with E-state index in [1.54, 1.807) is 31.2 Å². The zero-order valence-corrected chi connectivity index (χ0v) is 16.1. The molecule has 0 saturated carbocycles. The van der Waals surface area contributed by atoms with Crippen LogP contribution in [0.3, 0.4) is 0 Å². The number of sulfonamides is 1. The van der Waals surface area contributed by atoms with Gasteiger partial charge < -0.3 is 5.32 Å². The third-order valence-corrected chi connectivity index (χ3v) is 5.16. The summed E-state index contributed by atoms with van der Waals surface area (Å²) in [6.07, 6.45) is 0.614. The highest BCUT2D eigenvalue weighted by Crippen LogP contribution is 2.16. The smallest absolute Gasteiger partial charge is 0.238 e. The highest BCUT2D eigenvalue weighted by Gasteiger charge is 2.16. The third kappa shape index (κ3) is 6.42. The molecule has 2 rings (SSSR count). The van der Waals surface area contributed by atoms with Crippen LogP contribution >= 0.6 is 0 Å².